The fraction of sp³-hybridized carbons (Fsp3) is 0.400. The summed E-state index contributed by atoms with van der Waals surface area (Å²) in [5.41, 5.74) is 1.71. The van der Waals surface area contributed by atoms with E-state index in [4.69, 9.17) is 4.74 Å². The Morgan fingerprint density at radius 1 is 1.60 bits per heavy atom. The number of ether oxygens (including phenoxy) is 1. The fourth-order valence-corrected chi connectivity index (χ4v) is 2.35. The first-order valence-corrected chi connectivity index (χ1v) is 5.50. The first-order chi connectivity index (χ1) is 7.09. The summed E-state index contributed by atoms with van der Waals surface area (Å²) in [5.74, 6) is 0.656. The standard InChI is InChI=1S/C10H11BrN2O2/c1-5(2)8-6(11)3-12-10-9(8)13-7(14)4-15-10/h3,5H,4H2,1-2H3,(H,13,14). The largest absolute Gasteiger partial charge is 0.466 e. The first-order valence-electron chi connectivity index (χ1n) is 4.70. The zero-order valence-corrected chi connectivity index (χ0v) is 10.1. The van der Waals surface area contributed by atoms with E-state index in [1.807, 2.05) is 0 Å². The lowest BCUT2D eigenvalue weighted by atomic mass is 10.0. The Morgan fingerprint density at radius 3 is 3.00 bits per heavy atom. The number of nitrogens with one attached hydrogen (secondary N) is 1. The quantitative estimate of drug-likeness (QED) is 0.852. The van der Waals surface area contributed by atoms with E-state index in [0.29, 0.717) is 11.6 Å². The number of aromatic nitrogens is 1. The van der Waals surface area contributed by atoms with Crippen LogP contribution in [-0.4, -0.2) is 17.5 Å². The summed E-state index contributed by atoms with van der Waals surface area (Å²) in [5, 5.41) is 2.79. The highest BCUT2D eigenvalue weighted by atomic mass is 79.9. The minimum Gasteiger partial charge on any atom is -0.466 e. The molecular weight excluding hydrogens is 260 g/mol. The molecule has 1 aromatic rings. The van der Waals surface area contributed by atoms with E-state index >= 15 is 0 Å². The molecule has 0 atom stereocenters. The van der Waals surface area contributed by atoms with Gasteiger partial charge in [0.05, 0.1) is 0 Å². The lowest BCUT2D eigenvalue weighted by Crippen LogP contribution is -2.27. The van der Waals surface area contributed by atoms with Gasteiger partial charge < -0.3 is 10.1 Å². The van der Waals surface area contributed by atoms with Gasteiger partial charge in [0.2, 0.25) is 5.88 Å². The number of fused-ring (bicyclic) bond motifs is 1. The van der Waals surface area contributed by atoms with Gasteiger partial charge in [0, 0.05) is 10.7 Å². The average Bonchev–Trinajstić information content (AvgIpc) is 2.16. The van der Waals surface area contributed by atoms with Gasteiger partial charge in [0.1, 0.15) is 5.69 Å². The SMILES string of the molecule is CC(C)c1c(Br)cnc2c1NC(=O)CO2. The monoisotopic (exact) mass is 270 g/mol. The second-order valence-corrected chi connectivity index (χ2v) is 4.55. The van der Waals surface area contributed by atoms with Gasteiger partial charge in [0.25, 0.3) is 5.91 Å². The number of hydrogen-bond acceptors (Lipinski definition) is 3. The summed E-state index contributed by atoms with van der Waals surface area (Å²) in [6.45, 7) is 4.15. The predicted octanol–water partition coefficient (Wildman–Crippen LogP) is 2.30. The van der Waals surface area contributed by atoms with Crippen molar-refractivity contribution in [1.29, 1.82) is 0 Å². The molecule has 0 bridgehead atoms. The van der Waals surface area contributed by atoms with Gasteiger partial charge in [-0.15, -0.1) is 0 Å². The third-order valence-corrected chi connectivity index (χ3v) is 2.85. The van der Waals surface area contributed by atoms with Gasteiger partial charge in [0.15, 0.2) is 6.61 Å². The molecule has 0 spiro atoms. The number of rotatable bonds is 1. The molecule has 1 aromatic heterocycles. The Morgan fingerprint density at radius 2 is 2.33 bits per heavy atom. The second-order valence-electron chi connectivity index (χ2n) is 3.69. The van der Waals surface area contributed by atoms with Crippen molar-refractivity contribution in [2.24, 2.45) is 0 Å². The van der Waals surface area contributed by atoms with Crippen LogP contribution in [0.2, 0.25) is 0 Å². The summed E-state index contributed by atoms with van der Waals surface area (Å²) in [4.78, 5) is 15.3. The number of hydrogen-bond donors (Lipinski definition) is 1. The van der Waals surface area contributed by atoms with E-state index in [9.17, 15) is 4.79 Å². The van der Waals surface area contributed by atoms with Crippen molar-refractivity contribution in [2.45, 2.75) is 19.8 Å². The molecule has 1 aliphatic rings. The molecule has 2 rings (SSSR count). The molecule has 1 aliphatic heterocycles. The molecule has 0 unspecified atom stereocenters. The third-order valence-electron chi connectivity index (χ3n) is 2.22. The number of anilines is 1. The summed E-state index contributed by atoms with van der Waals surface area (Å²) in [7, 11) is 0. The lowest BCUT2D eigenvalue weighted by molar-refractivity contribution is -0.118. The van der Waals surface area contributed by atoms with E-state index < -0.39 is 0 Å². The van der Waals surface area contributed by atoms with Crippen molar-refractivity contribution in [1.82, 2.24) is 4.98 Å². The number of pyridine rings is 1. The molecule has 5 heteroatoms. The summed E-state index contributed by atoms with van der Waals surface area (Å²) >= 11 is 3.43. The second kappa shape index (κ2) is 3.81. The van der Waals surface area contributed by atoms with Crippen LogP contribution in [0.3, 0.4) is 0 Å². The highest BCUT2D eigenvalue weighted by Crippen LogP contribution is 2.38. The number of carbonyl (C=O) groups is 1. The highest BCUT2D eigenvalue weighted by Gasteiger charge is 2.23. The van der Waals surface area contributed by atoms with Gasteiger partial charge in [-0.3, -0.25) is 4.79 Å². The molecule has 0 aromatic carbocycles. The van der Waals surface area contributed by atoms with Crippen molar-refractivity contribution in [3.05, 3.63) is 16.2 Å². The smallest absolute Gasteiger partial charge is 0.262 e. The molecule has 0 saturated carbocycles. The Balaban J connectivity index is 2.57. The van der Waals surface area contributed by atoms with Crippen LogP contribution < -0.4 is 10.1 Å². The molecule has 0 radical (unpaired) electrons. The van der Waals surface area contributed by atoms with E-state index in [-0.39, 0.29) is 18.4 Å². The Labute approximate surface area is 96.2 Å². The van der Waals surface area contributed by atoms with Gasteiger partial charge in [-0.25, -0.2) is 4.98 Å². The zero-order chi connectivity index (χ0) is 11.0. The lowest BCUT2D eigenvalue weighted by Gasteiger charge is -2.22. The van der Waals surface area contributed by atoms with Crippen molar-refractivity contribution in [3.63, 3.8) is 0 Å². The molecule has 15 heavy (non-hydrogen) atoms. The minimum absolute atomic E-state index is 0.0408. The molecule has 80 valence electrons. The highest BCUT2D eigenvalue weighted by molar-refractivity contribution is 9.10. The molecule has 1 N–H and O–H groups in total. The van der Waals surface area contributed by atoms with Crippen LogP contribution in [0.5, 0.6) is 5.88 Å². The topological polar surface area (TPSA) is 51.2 Å². The van der Waals surface area contributed by atoms with Crippen molar-refractivity contribution >= 4 is 27.5 Å². The Hall–Kier alpha value is -1.10. The third kappa shape index (κ3) is 1.84. The normalized spacial score (nSPS) is 14.5. The van der Waals surface area contributed by atoms with Crippen LogP contribution >= 0.6 is 15.9 Å². The number of amides is 1. The maximum absolute atomic E-state index is 11.2. The number of halogens is 1. The van der Waals surface area contributed by atoms with E-state index in [1.165, 1.54) is 0 Å². The molecule has 4 nitrogen and oxygen atoms in total. The van der Waals surface area contributed by atoms with Crippen LogP contribution in [0, 0.1) is 0 Å². The predicted molar refractivity (Wildman–Crippen MR) is 60.2 cm³/mol. The molecule has 0 fully saturated rings. The van der Waals surface area contributed by atoms with Crippen molar-refractivity contribution in [3.8, 4) is 5.88 Å². The number of carbonyl (C=O) groups excluding carboxylic acids is 1. The van der Waals surface area contributed by atoms with Gasteiger partial charge in [-0.05, 0) is 27.4 Å². The van der Waals surface area contributed by atoms with E-state index in [2.05, 4.69) is 40.1 Å². The summed E-state index contributed by atoms with van der Waals surface area (Å²) in [6, 6.07) is 0. The van der Waals surface area contributed by atoms with E-state index in [1.54, 1.807) is 6.20 Å². The van der Waals surface area contributed by atoms with Crippen LogP contribution in [0.25, 0.3) is 0 Å². The number of nitrogens with zero attached hydrogens (tertiary/aromatic N) is 1. The van der Waals surface area contributed by atoms with Crippen LogP contribution in [-0.2, 0) is 4.79 Å². The fourth-order valence-electron chi connectivity index (χ4n) is 1.59. The average molecular weight is 271 g/mol. The van der Waals surface area contributed by atoms with Gasteiger partial charge >= 0.3 is 0 Å². The molecule has 0 saturated heterocycles. The molecule has 2 heterocycles. The van der Waals surface area contributed by atoms with Crippen molar-refractivity contribution < 1.29 is 9.53 Å². The van der Waals surface area contributed by atoms with Gasteiger partial charge in [-0.1, -0.05) is 13.8 Å². The first kappa shape index (κ1) is 10.4. The maximum Gasteiger partial charge on any atom is 0.262 e. The summed E-state index contributed by atoms with van der Waals surface area (Å²) in [6.07, 6.45) is 1.70. The maximum atomic E-state index is 11.2. The van der Waals surface area contributed by atoms with Crippen LogP contribution in [0.1, 0.15) is 25.3 Å². The molecule has 0 aliphatic carbocycles. The minimum atomic E-state index is -0.135. The van der Waals surface area contributed by atoms with Gasteiger partial charge in [-0.2, -0.15) is 0 Å². The summed E-state index contributed by atoms with van der Waals surface area (Å²) < 4.78 is 6.13. The Bertz CT molecular complexity index is 418. The van der Waals surface area contributed by atoms with Crippen molar-refractivity contribution in [2.75, 3.05) is 11.9 Å². The van der Waals surface area contributed by atoms with Crippen LogP contribution in [0.4, 0.5) is 5.69 Å². The van der Waals surface area contributed by atoms with Crippen LogP contribution in [0.15, 0.2) is 10.7 Å². The zero-order valence-electron chi connectivity index (χ0n) is 8.50. The molecular formula is C10H11BrN2O2. The Kier molecular flexibility index (Phi) is 2.65. The van der Waals surface area contributed by atoms with E-state index in [0.717, 1.165) is 10.0 Å². The molecule has 1 amide bonds.